The van der Waals surface area contributed by atoms with Gasteiger partial charge in [0.1, 0.15) is 11.3 Å². The molecule has 0 saturated carbocycles. The van der Waals surface area contributed by atoms with Gasteiger partial charge in [-0.25, -0.2) is 4.98 Å². The lowest BCUT2D eigenvalue weighted by atomic mass is 10.0. The van der Waals surface area contributed by atoms with Gasteiger partial charge in [-0.1, -0.05) is 19.1 Å². The summed E-state index contributed by atoms with van der Waals surface area (Å²) in [5.41, 5.74) is 4.87. The molecule has 0 spiro atoms. The van der Waals surface area contributed by atoms with Crippen LogP contribution in [0.3, 0.4) is 0 Å². The lowest BCUT2D eigenvalue weighted by Crippen LogP contribution is -2.07. The van der Waals surface area contributed by atoms with E-state index in [2.05, 4.69) is 40.0 Å². The van der Waals surface area contributed by atoms with Gasteiger partial charge in [-0.05, 0) is 54.1 Å². The number of ketones is 1. The molecular formula is C21H21N3O. The van der Waals surface area contributed by atoms with Gasteiger partial charge in [-0.2, -0.15) is 0 Å². The Hall–Kier alpha value is -2.88. The molecule has 1 aromatic carbocycles. The lowest BCUT2D eigenvalue weighted by molar-refractivity contribution is 0.0976. The molecule has 0 N–H and O–H groups in total. The molecule has 0 fully saturated rings. The van der Waals surface area contributed by atoms with Crippen molar-refractivity contribution in [3.63, 3.8) is 0 Å². The topological polar surface area (TPSA) is 39.3 Å². The third-order valence-corrected chi connectivity index (χ3v) is 4.79. The maximum atomic E-state index is 12.9. The Bertz CT molecular complexity index is 1070. The van der Waals surface area contributed by atoms with Crippen LogP contribution in [0.5, 0.6) is 0 Å². The van der Waals surface area contributed by atoms with Gasteiger partial charge in [0.05, 0.1) is 5.69 Å². The highest BCUT2D eigenvalue weighted by Gasteiger charge is 2.17. The predicted octanol–water partition coefficient (Wildman–Crippen LogP) is 4.20. The van der Waals surface area contributed by atoms with Crippen molar-refractivity contribution < 1.29 is 4.79 Å². The van der Waals surface area contributed by atoms with Crippen LogP contribution in [0, 0.1) is 0 Å². The van der Waals surface area contributed by atoms with Crippen molar-refractivity contribution >= 4 is 22.3 Å². The second-order valence-corrected chi connectivity index (χ2v) is 6.43. The van der Waals surface area contributed by atoms with Crippen LogP contribution in [0.2, 0.25) is 0 Å². The van der Waals surface area contributed by atoms with Crippen molar-refractivity contribution in [3.8, 4) is 0 Å². The van der Waals surface area contributed by atoms with Gasteiger partial charge in [0.25, 0.3) is 0 Å². The number of hydrogen-bond donors (Lipinski definition) is 0. The minimum absolute atomic E-state index is 0.156. The summed E-state index contributed by atoms with van der Waals surface area (Å²) in [4.78, 5) is 17.5. The van der Waals surface area contributed by atoms with Crippen LogP contribution in [0.4, 0.5) is 0 Å². The highest BCUT2D eigenvalue weighted by Crippen LogP contribution is 2.20. The fourth-order valence-electron chi connectivity index (χ4n) is 3.45. The molecule has 4 nitrogen and oxygen atoms in total. The van der Waals surface area contributed by atoms with Gasteiger partial charge in [0, 0.05) is 31.4 Å². The fraction of sp³-hybridized carbons (Fsp3) is 0.238. The first-order valence-electron chi connectivity index (χ1n) is 8.70. The zero-order valence-electron chi connectivity index (χ0n) is 14.6. The highest BCUT2D eigenvalue weighted by atomic mass is 16.1. The average Bonchev–Trinajstić information content (AvgIpc) is 3.20. The summed E-state index contributed by atoms with van der Waals surface area (Å²) in [7, 11) is 2.04. The number of carbonyl (C=O) groups is 1. The maximum Gasteiger partial charge on any atom is 0.181 e. The molecule has 3 aromatic heterocycles. The van der Waals surface area contributed by atoms with Crippen LogP contribution in [0.15, 0.2) is 54.9 Å². The predicted molar refractivity (Wildman–Crippen MR) is 100 cm³/mol. The molecule has 0 saturated heterocycles. The number of imidazole rings is 1. The normalized spacial score (nSPS) is 11.4. The standard InChI is InChI=1S/C21H21N3O/c1-3-17-21(24-12-5-4-6-20(24)22-17)19(25)10-8-15-7-9-18-16(14-15)11-13-23(18)2/h4-7,9,11-14H,3,8,10H2,1-2H3. The van der Waals surface area contributed by atoms with Crippen molar-refractivity contribution in [1.82, 2.24) is 14.0 Å². The number of rotatable bonds is 5. The molecule has 0 aliphatic carbocycles. The van der Waals surface area contributed by atoms with Gasteiger partial charge in [-0.3, -0.25) is 9.20 Å². The Labute approximate surface area is 146 Å². The summed E-state index contributed by atoms with van der Waals surface area (Å²) in [5, 5.41) is 1.22. The molecule has 4 aromatic rings. The molecule has 0 aliphatic rings. The average molecular weight is 331 g/mol. The third-order valence-electron chi connectivity index (χ3n) is 4.79. The largest absolute Gasteiger partial charge is 0.351 e. The first kappa shape index (κ1) is 15.6. The van der Waals surface area contributed by atoms with E-state index in [1.807, 2.05) is 42.8 Å². The van der Waals surface area contributed by atoms with Crippen molar-refractivity contribution in [2.45, 2.75) is 26.2 Å². The summed E-state index contributed by atoms with van der Waals surface area (Å²) >= 11 is 0. The number of hydrogen-bond acceptors (Lipinski definition) is 2. The quantitative estimate of drug-likeness (QED) is 0.514. The van der Waals surface area contributed by atoms with Crippen LogP contribution < -0.4 is 0 Å². The zero-order valence-corrected chi connectivity index (χ0v) is 14.6. The number of aromatic nitrogens is 3. The van der Waals surface area contributed by atoms with E-state index in [0.29, 0.717) is 6.42 Å². The second kappa shape index (κ2) is 6.20. The molecule has 0 unspecified atom stereocenters. The van der Waals surface area contributed by atoms with Crippen LogP contribution in [0.25, 0.3) is 16.6 Å². The van der Waals surface area contributed by atoms with E-state index in [0.717, 1.165) is 29.9 Å². The van der Waals surface area contributed by atoms with Gasteiger partial charge in [0.15, 0.2) is 5.78 Å². The summed E-state index contributed by atoms with van der Waals surface area (Å²) in [5.74, 6) is 0.156. The van der Waals surface area contributed by atoms with Gasteiger partial charge < -0.3 is 4.57 Å². The highest BCUT2D eigenvalue weighted by molar-refractivity contribution is 5.96. The van der Waals surface area contributed by atoms with E-state index >= 15 is 0 Å². The fourth-order valence-corrected chi connectivity index (χ4v) is 3.45. The Balaban J connectivity index is 1.59. The third kappa shape index (κ3) is 2.74. The summed E-state index contributed by atoms with van der Waals surface area (Å²) in [6.45, 7) is 2.04. The number of Topliss-reactive ketones (excluding diaryl/α,β-unsaturated/α-hetero) is 1. The number of carbonyl (C=O) groups excluding carboxylic acids is 1. The van der Waals surface area contributed by atoms with Crippen molar-refractivity contribution in [2.75, 3.05) is 0 Å². The van der Waals surface area contributed by atoms with E-state index in [1.165, 1.54) is 16.5 Å². The molecule has 4 rings (SSSR count). The Kier molecular flexibility index (Phi) is 3.88. The molecule has 126 valence electrons. The monoisotopic (exact) mass is 331 g/mol. The maximum absolute atomic E-state index is 12.9. The van der Waals surface area contributed by atoms with E-state index in [4.69, 9.17) is 0 Å². The molecule has 25 heavy (non-hydrogen) atoms. The minimum Gasteiger partial charge on any atom is -0.351 e. The van der Waals surface area contributed by atoms with E-state index in [1.54, 1.807) is 0 Å². The van der Waals surface area contributed by atoms with Gasteiger partial charge in [0.2, 0.25) is 0 Å². The molecule has 4 heteroatoms. The zero-order chi connectivity index (χ0) is 17.4. The molecule has 0 bridgehead atoms. The molecule has 0 aliphatic heterocycles. The number of benzene rings is 1. The van der Waals surface area contributed by atoms with Gasteiger partial charge >= 0.3 is 0 Å². The molecule has 0 atom stereocenters. The number of pyridine rings is 1. The Morgan fingerprint density at radius 3 is 2.84 bits per heavy atom. The van der Waals surface area contributed by atoms with E-state index < -0.39 is 0 Å². The molecule has 3 heterocycles. The van der Waals surface area contributed by atoms with E-state index in [-0.39, 0.29) is 5.78 Å². The van der Waals surface area contributed by atoms with Crippen molar-refractivity contribution in [3.05, 3.63) is 71.8 Å². The molecular weight excluding hydrogens is 310 g/mol. The number of nitrogens with zero attached hydrogens (tertiary/aromatic N) is 3. The molecule has 0 radical (unpaired) electrons. The van der Waals surface area contributed by atoms with Crippen LogP contribution in [-0.4, -0.2) is 19.7 Å². The Morgan fingerprint density at radius 1 is 1.12 bits per heavy atom. The Morgan fingerprint density at radius 2 is 2.00 bits per heavy atom. The second-order valence-electron chi connectivity index (χ2n) is 6.43. The van der Waals surface area contributed by atoms with Crippen LogP contribution in [-0.2, 0) is 19.9 Å². The summed E-state index contributed by atoms with van der Waals surface area (Å²) in [6, 6.07) is 14.4. The van der Waals surface area contributed by atoms with Crippen LogP contribution >= 0.6 is 0 Å². The summed E-state index contributed by atoms with van der Waals surface area (Å²) in [6.07, 6.45) is 5.98. The van der Waals surface area contributed by atoms with Crippen molar-refractivity contribution in [1.29, 1.82) is 0 Å². The SMILES string of the molecule is CCc1nc2ccccn2c1C(=O)CCc1ccc2c(ccn2C)c1. The first-order chi connectivity index (χ1) is 12.2. The van der Waals surface area contributed by atoms with Crippen molar-refractivity contribution in [2.24, 2.45) is 7.05 Å². The van der Waals surface area contributed by atoms with E-state index in [9.17, 15) is 4.79 Å². The smallest absolute Gasteiger partial charge is 0.181 e. The summed E-state index contributed by atoms with van der Waals surface area (Å²) < 4.78 is 4.03. The number of aryl methyl sites for hydroxylation is 3. The minimum atomic E-state index is 0.156. The van der Waals surface area contributed by atoms with Gasteiger partial charge in [-0.15, -0.1) is 0 Å². The van der Waals surface area contributed by atoms with Crippen LogP contribution in [0.1, 0.15) is 35.1 Å². The lowest BCUT2D eigenvalue weighted by Gasteiger charge is -2.05. The first-order valence-corrected chi connectivity index (χ1v) is 8.70. The number of fused-ring (bicyclic) bond motifs is 2. The molecule has 0 amide bonds.